The van der Waals surface area contributed by atoms with Gasteiger partial charge in [-0.2, -0.15) is 0 Å². The zero-order valence-corrected chi connectivity index (χ0v) is 32.4. The number of para-hydroxylation sites is 3. The summed E-state index contributed by atoms with van der Waals surface area (Å²) in [5, 5.41) is -1.05. The zero-order valence-electron chi connectivity index (χ0n) is 52.4. The van der Waals surface area contributed by atoms with E-state index < -0.39 is 132 Å². The van der Waals surface area contributed by atoms with Crippen molar-refractivity contribution in [3.63, 3.8) is 0 Å². The second-order valence-corrected chi connectivity index (χ2v) is 14.6. The van der Waals surface area contributed by atoms with Gasteiger partial charge in [-0.25, -0.2) is 0 Å². The van der Waals surface area contributed by atoms with Gasteiger partial charge in [0.1, 0.15) is 0 Å². The van der Waals surface area contributed by atoms with E-state index in [1.807, 2.05) is 91.0 Å². The average molecular weight is 809 g/mol. The predicted molar refractivity (Wildman–Crippen MR) is 262 cm³/mol. The lowest BCUT2D eigenvalue weighted by Gasteiger charge is -2.18. The van der Waals surface area contributed by atoms with Gasteiger partial charge < -0.3 is 9.13 Å². The van der Waals surface area contributed by atoms with Gasteiger partial charge in [-0.1, -0.05) is 200 Å². The first kappa shape index (κ1) is 20.9. The maximum Gasteiger partial charge on any atom is 0.0652 e. The van der Waals surface area contributed by atoms with E-state index in [9.17, 15) is 12.3 Å². The molecule has 62 heavy (non-hydrogen) atoms. The summed E-state index contributed by atoms with van der Waals surface area (Å²) in [4.78, 5) is 0. The molecule has 0 atom stereocenters. The first-order chi connectivity index (χ1) is 39.1. The topological polar surface area (TPSA) is 9.86 Å². The summed E-state index contributed by atoms with van der Waals surface area (Å²) < 4.78 is 184. The fourth-order valence-electron chi connectivity index (χ4n) is 8.38. The molecule has 0 spiro atoms. The molecule has 0 saturated heterocycles. The lowest BCUT2D eigenvalue weighted by molar-refractivity contribution is 1.13. The highest BCUT2D eigenvalue weighted by atomic mass is 15.0. The van der Waals surface area contributed by atoms with Crippen LogP contribution in [-0.4, -0.2) is 9.13 Å². The molecule has 0 unspecified atom stereocenters. The highest BCUT2D eigenvalue weighted by Crippen LogP contribution is 2.41. The van der Waals surface area contributed by atoms with Crippen LogP contribution < -0.4 is 0 Å². The summed E-state index contributed by atoms with van der Waals surface area (Å²) in [5.41, 5.74) is 3.88. The van der Waals surface area contributed by atoms with Gasteiger partial charge in [0, 0.05) is 32.9 Å². The Kier molecular flexibility index (Phi) is 4.98. The van der Waals surface area contributed by atoms with Gasteiger partial charge in [-0.15, -0.1) is 0 Å². The highest BCUT2D eigenvalue weighted by molar-refractivity contribution is 6.11. The molecule has 2 nitrogen and oxygen atoms in total. The highest BCUT2D eigenvalue weighted by Gasteiger charge is 2.19. The van der Waals surface area contributed by atoms with E-state index in [1.54, 1.807) is 24.3 Å². The SMILES string of the molecule is [2H]c1c([2H])c([2H])c(-c2c([2H])c([2H])c3c4c([2H])c([2H])c([2H])c([2H])c4n(-c4cc(-c5ccccc5-c5ccc(-c6ccccc6-c6ccccc6)cc5)cc(-n5c6c([2H])c([2H])c([2H])c([2H])c6c6c([2H])c([2H])c([2H])c([2H])c65)c4)c3c2[2H])c([2H])c1[2H]. The standard InChI is InChI=1S/C60H40N2/c1-3-17-41(18-4-1)45-35-36-56-55-27-13-16-30-59(55)62(60(56)39-45)48-38-46(37-47(40-48)61-57-28-14-11-25-53(57)54-26-12-15-29-58(54)61)52-24-10-9-23-51(52)44-33-31-43(32-34-44)50-22-8-7-21-49(50)42-19-5-2-6-20-42/h1-40H/i1D,3D,4D,11D,12D,13D,14D,15D,16D,17D,18D,25D,26D,27D,28D,29D,30D,35D,36D,39D. The third kappa shape index (κ3) is 5.96. The van der Waals surface area contributed by atoms with Crippen molar-refractivity contribution >= 4 is 43.6 Å². The van der Waals surface area contributed by atoms with Crippen molar-refractivity contribution in [2.75, 3.05) is 0 Å². The number of aromatic nitrogens is 2. The number of benzene rings is 10. The van der Waals surface area contributed by atoms with Crippen molar-refractivity contribution in [2.45, 2.75) is 0 Å². The molecule has 0 amide bonds. The van der Waals surface area contributed by atoms with Crippen LogP contribution >= 0.6 is 0 Å². The lowest BCUT2D eigenvalue weighted by Crippen LogP contribution is -2.00. The molecule has 10 aromatic carbocycles. The molecule has 12 rings (SSSR count). The Bertz CT molecular complexity index is 4690. The molecule has 0 fully saturated rings. The molecule has 2 heterocycles. The van der Waals surface area contributed by atoms with Crippen LogP contribution in [0.2, 0.25) is 0 Å². The van der Waals surface area contributed by atoms with Crippen LogP contribution in [0.25, 0.3) is 111 Å². The minimum Gasteiger partial charge on any atom is -0.309 e. The molecule has 2 heteroatoms. The Morgan fingerprint density at radius 2 is 0.677 bits per heavy atom. The average Bonchev–Trinajstić information content (AvgIpc) is 2.67. The van der Waals surface area contributed by atoms with E-state index in [-0.39, 0.29) is 55.0 Å². The van der Waals surface area contributed by atoms with E-state index >= 15 is 0 Å². The van der Waals surface area contributed by atoms with Crippen LogP contribution in [0.15, 0.2) is 242 Å². The molecule has 2 aromatic heterocycles. The molecule has 0 bridgehead atoms. The maximum absolute atomic E-state index is 10.0. The van der Waals surface area contributed by atoms with Crippen LogP contribution in [-0.2, 0) is 0 Å². The molecular weight excluding hydrogens is 749 g/mol. The van der Waals surface area contributed by atoms with Crippen molar-refractivity contribution in [2.24, 2.45) is 0 Å². The van der Waals surface area contributed by atoms with Crippen molar-refractivity contribution in [1.29, 1.82) is 0 Å². The van der Waals surface area contributed by atoms with Crippen LogP contribution in [0.4, 0.5) is 0 Å². The van der Waals surface area contributed by atoms with Gasteiger partial charge in [-0.3, -0.25) is 0 Å². The van der Waals surface area contributed by atoms with Crippen molar-refractivity contribution < 1.29 is 27.4 Å². The summed E-state index contributed by atoms with van der Waals surface area (Å²) >= 11 is 0. The third-order valence-corrected chi connectivity index (χ3v) is 11.1. The van der Waals surface area contributed by atoms with E-state index in [0.29, 0.717) is 16.7 Å². The van der Waals surface area contributed by atoms with Crippen molar-refractivity contribution in [3.8, 4) is 67.0 Å². The van der Waals surface area contributed by atoms with Gasteiger partial charge in [0.05, 0.1) is 49.5 Å². The Labute approximate surface area is 388 Å². The molecule has 290 valence electrons. The molecule has 12 aromatic rings. The number of hydrogen-bond donors (Lipinski definition) is 0. The maximum atomic E-state index is 10.0. The largest absolute Gasteiger partial charge is 0.309 e. The van der Waals surface area contributed by atoms with Gasteiger partial charge in [0.2, 0.25) is 0 Å². The molecule has 0 aliphatic heterocycles. The molecule has 0 saturated carbocycles. The summed E-state index contributed by atoms with van der Waals surface area (Å²) in [7, 11) is 0. The Balaban J connectivity index is 1.24. The van der Waals surface area contributed by atoms with Crippen molar-refractivity contribution in [1.82, 2.24) is 9.13 Å². The third-order valence-electron chi connectivity index (χ3n) is 11.1. The molecule has 0 radical (unpaired) electrons. The molecule has 0 N–H and O–H groups in total. The van der Waals surface area contributed by atoms with E-state index in [4.69, 9.17) is 15.1 Å². The minimum atomic E-state index is -0.786. The first-order valence-corrected chi connectivity index (χ1v) is 19.7. The fraction of sp³-hybridized carbons (Fsp3) is 0. The quantitative estimate of drug-likeness (QED) is 0.152. The van der Waals surface area contributed by atoms with Crippen LogP contribution in [0, 0.1) is 0 Å². The van der Waals surface area contributed by atoms with Gasteiger partial charge in [-0.05, 0) is 98.0 Å². The van der Waals surface area contributed by atoms with E-state index in [2.05, 4.69) is 0 Å². The predicted octanol–water partition coefficient (Wildman–Crippen LogP) is 16.2. The molecule has 0 aliphatic rings. The summed E-state index contributed by atoms with van der Waals surface area (Å²) in [5.74, 6) is 0. The van der Waals surface area contributed by atoms with Crippen LogP contribution in [0.5, 0.6) is 0 Å². The minimum absolute atomic E-state index is 0.00153. The molecule has 0 aliphatic carbocycles. The molecular formula is C60H40N2. The van der Waals surface area contributed by atoms with E-state index in [0.717, 1.165) is 27.8 Å². The number of fused-ring (bicyclic) bond motifs is 6. The number of nitrogens with zero attached hydrogens (tertiary/aromatic N) is 2. The summed E-state index contributed by atoms with van der Waals surface area (Å²) in [6.45, 7) is 0. The first-order valence-electron chi connectivity index (χ1n) is 29.7. The normalized spacial score (nSPS) is 16.1. The van der Waals surface area contributed by atoms with Crippen LogP contribution in [0.3, 0.4) is 0 Å². The second kappa shape index (κ2) is 14.8. The Hall–Kier alpha value is -8.20. The zero-order chi connectivity index (χ0) is 58.4. The number of hydrogen-bond acceptors (Lipinski definition) is 0. The Morgan fingerprint density at radius 3 is 1.19 bits per heavy atom. The van der Waals surface area contributed by atoms with Gasteiger partial charge in [0.25, 0.3) is 0 Å². The lowest BCUT2D eigenvalue weighted by atomic mass is 9.91. The second-order valence-electron chi connectivity index (χ2n) is 14.6. The van der Waals surface area contributed by atoms with Crippen molar-refractivity contribution in [3.05, 3.63) is 242 Å². The number of rotatable bonds is 7. The van der Waals surface area contributed by atoms with Gasteiger partial charge in [0.15, 0.2) is 0 Å². The Morgan fingerprint density at radius 1 is 0.274 bits per heavy atom. The van der Waals surface area contributed by atoms with Crippen LogP contribution in [0.1, 0.15) is 27.4 Å². The van der Waals surface area contributed by atoms with Gasteiger partial charge >= 0.3 is 0 Å². The fourth-order valence-corrected chi connectivity index (χ4v) is 8.38. The summed E-state index contributed by atoms with van der Waals surface area (Å²) in [6, 6.07) is 24.0. The van der Waals surface area contributed by atoms with E-state index in [1.165, 1.54) is 15.2 Å². The monoisotopic (exact) mass is 808 g/mol. The summed E-state index contributed by atoms with van der Waals surface area (Å²) in [6.07, 6.45) is 0. The smallest absolute Gasteiger partial charge is 0.0652 e.